The molecule has 0 aliphatic carbocycles. The summed E-state index contributed by atoms with van der Waals surface area (Å²) in [4.78, 5) is 4.26. The van der Waals surface area contributed by atoms with Crippen LogP contribution >= 0.6 is 0 Å². The van der Waals surface area contributed by atoms with E-state index in [-0.39, 0.29) is 11.8 Å². The summed E-state index contributed by atoms with van der Waals surface area (Å²) in [6.45, 7) is 7.20. The third-order valence-corrected chi connectivity index (χ3v) is 2.86. The van der Waals surface area contributed by atoms with E-state index in [4.69, 9.17) is 4.74 Å². The number of rotatable bonds is 8. The SMILES string of the molecule is CCCNCc1cc(OCCC(F)(F)F)nc(C(C)C)c1. The average Bonchev–Trinajstić information content (AvgIpc) is 2.37. The standard InChI is InChI=1S/C15H23F3N2O/c1-4-6-19-10-12-8-13(11(2)3)20-14(9-12)21-7-5-15(16,17)18/h8-9,11,19H,4-7,10H2,1-3H3. The Kier molecular flexibility index (Phi) is 6.95. The van der Waals surface area contributed by atoms with Crippen molar-refractivity contribution in [2.45, 2.75) is 52.3 Å². The average molecular weight is 304 g/mol. The van der Waals surface area contributed by atoms with E-state index in [1.165, 1.54) is 0 Å². The number of hydrogen-bond donors (Lipinski definition) is 1. The fourth-order valence-corrected chi connectivity index (χ4v) is 1.73. The molecule has 1 rings (SSSR count). The second-order valence-corrected chi connectivity index (χ2v) is 5.28. The van der Waals surface area contributed by atoms with Crippen molar-refractivity contribution in [2.24, 2.45) is 0 Å². The zero-order valence-corrected chi connectivity index (χ0v) is 12.8. The van der Waals surface area contributed by atoms with E-state index in [0.29, 0.717) is 6.54 Å². The molecule has 0 bridgehead atoms. The lowest BCUT2D eigenvalue weighted by Crippen LogP contribution is -2.16. The van der Waals surface area contributed by atoms with Crippen molar-refractivity contribution in [1.82, 2.24) is 10.3 Å². The summed E-state index contributed by atoms with van der Waals surface area (Å²) in [5.74, 6) is 0.458. The molecule has 0 saturated heterocycles. The second-order valence-electron chi connectivity index (χ2n) is 5.28. The maximum Gasteiger partial charge on any atom is 0.392 e. The predicted molar refractivity (Wildman–Crippen MR) is 76.5 cm³/mol. The van der Waals surface area contributed by atoms with E-state index >= 15 is 0 Å². The van der Waals surface area contributed by atoms with Gasteiger partial charge in [0, 0.05) is 18.3 Å². The molecule has 0 radical (unpaired) electrons. The van der Waals surface area contributed by atoms with Gasteiger partial charge in [-0.25, -0.2) is 4.98 Å². The molecule has 1 N–H and O–H groups in total. The van der Waals surface area contributed by atoms with Crippen molar-refractivity contribution >= 4 is 0 Å². The lowest BCUT2D eigenvalue weighted by molar-refractivity contribution is -0.139. The number of pyridine rings is 1. The summed E-state index contributed by atoms with van der Waals surface area (Å²) in [6, 6.07) is 3.66. The first-order valence-electron chi connectivity index (χ1n) is 7.23. The van der Waals surface area contributed by atoms with Crippen LogP contribution in [-0.2, 0) is 6.54 Å². The summed E-state index contributed by atoms with van der Waals surface area (Å²) >= 11 is 0. The number of halogens is 3. The molecule has 0 aromatic carbocycles. The molecule has 1 heterocycles. The van der Waals surface area contributed by atoms with Crippen LogP contribution < -0.4 is 10.1 Å². The number of nitrogens with one attached hydrogen (secondary N) is 1. The summed E-state index contributed by atoms with van der Waals surface area (Å²) in [7, 11) is 0. The number of hydrogen-bond acceptors (Lipinski definition) is 3. The van der Waals surface area contributed by atoms with Gasteiger partial charge < -0.3 is 10.1 Å². The van der Waals surface area contributed by atoms with Gasteiger partial charge in [-0.1, -0.05) is 20.8 Å². The Hall–Kier alpha value is -1.30. The van der Waals surface area contributed by atoms with E-state index in [2.05, 4.69) is 17.2 Å². The molecule has 0 spiro atoms. The van der Waals surface area contributed by atoms with Crippen LogP contribution in [0.5, 0.6) is 5.88 Å². The van der Waals surface area contributed by atoms with Crippen LogP contribution in [-0.4, -0.2) is 24.3 Å². The number of ether oxygens (including phenoxy) is 1. The Morgan fingerprint density at radius 3 is 2.57 bits per heavy atom. The van der Waals surface area contributed by atoms with Gasteiger partial charge in [0.1, 0.15) is 0 Å². The first-order valence-corrected chi connectivity index (χ1v) is 7.23. The van der Waals surface area contributed by atoms with E-state index < -0.39 is 19.2 Å². The highest BCUT2D eigenvalue weighted by atomic mass is 19.4. The normalized spacial score (nSPS) is 12.0. The zero-order chi connectivity index (χ0) is 15.9. The van der Waals surface area contributed by atoms with Crippen LogP contribution in [0.4, 0.5) is 13.2 Å². The third-order valence-electron chi connectivity index (χ3n) is 2.86. The Morgan fingerprint density at radius 1 is 1.29 bits per heavy atom. The van der Waals surface area contributed by atoms with Crippen LogP contribution in [0.2, 0.25) is 0 Å². The van der Waals surface area contributed by atoms with Crippen LogP contribution in [0.15, 0.2) is 12.1 Å². The van der Waals surface area contributed by atoms with Crippen LogP contribution in [0.3, 0.4) is 0 Å². The van der Waals surface area contributed by atoms with Crippen molar-refractivity contribution in [3.8, 4) is 5.88 Å². The Morgan fingerprint density at radius 2 is 2.00 bits per heavy atom. The van der Waals surface area contributed by atoms with Crippen molar-refractivity contribution < 1.29 is 17.9 Å². The highest BCUT2D eigenvalue weighted by Crippen LogP contribution is 2.22. The molecule has 1 aromatic rings. The predicted octanol–water partition coefficient (Wildman–Crippen LogP) is 4.04. The third kappa shape index (κ3) is 7.32. The molecule has 1 aromatic heterocycles. The molecule has 0 aliphatic rings. The van der Waals surface area contributed by atoms with Crippen molar-refractivity contribution in [3.63, 3.8) is 0 Å². The second kappa shape index (κ2) is 8.22. The Labute approximate surface area is 123 Å². The molecule has 0 aliphatic heterocycles. The topological polar surface area (TPSA) is 34.1 Å². The highest BCUT2D eigenvalue weighted by Gasteiger charge is 2.27. The number of nitrogens with zero attached hydrogens (tertiary/aromatic N) is 1. The Balaban J connectivity index is 2.72. The Bertz CT molecular complexity index is 433. The fraction of sp³-hybridized carbons (Fsp3) is 0.667. The zero-order valence-electron chi connectivity index (χ0n) is 12.8. The molecule has 3 nitrogen and oxygen atoms in total. The smallest absolute Gasteiger partial charge is 0.392 e. The van der Waals surface area contributed by atoms with Crippen molar-refractivity contribution in [1.29, 1.82) is 0 Å². The van der Waals surface area contributed by atoms with Gasteiger partial charge in [0.15, 0.2) is 0 Å². The molecule has 0 unspecified atom stereocenters. The summed E-state index contributed by atoms with van der Waals surface area (Å²) in [6.07, 6.45) is -4.15. The molecule has 0 atom stereocenters. The van der Waals surface area contributed by atoms with E-state index in [9.17, 15) is 13.2 Å². The fourth-order valence-electron chi connectivity index (χ4n) is 1.73. The summed E-state index contributed by atoms with van der Waals surface area (Å²) in [5, 5.41) is 3.26. The molecule has 6 heteroatoms. The summed E-state index contributed by atoms with van der Waals surface area (Å²) in [5.41, 5.74) is 1.80. The minimum atomic E-state index is -4.21. The largest absolute Gasteiger partial charge is 0.477 e. The minimum Gasteiger partial charge on any atom is -0.477 e. The lowest BCUT2D eigenvalue weighted by Gasteiger charge is -2.13. The number of alkyl halides is 3. The molecular formula is C15H23F3N2O. The molecule has 0 amide bonds. The maximum absolute atomic E-state index is 12.1. The van der Waals surface area contributed by atoms with Gasteiger partial charge in [-0.3, -0.25) is 0 Å². The van der Waals surface area contributed by atoms with E-state index in [1.807, 2.05) is 19.9 Å². The van der Waals surface area contributed by atoms with Crippen LogP contribution in [0.25, 0.3) is 0 Å². The first-order chi connectivity index (χ1) is 9.81. The van der Waals surface area contributed by atoms with Gasteiger partial charge in [-0.15, -0.1) is 0 Å². The summed E-state index contributed by atoms with van der Waals surface area (Å²) < 4.78 is 41.6. The maximum atomic E-state index is 12.1. The van der Waals surface area contributed by atoms with Gasteiger partial charge in [-0.2, -0.15) is 13.2 Å². The van der Waals surface area contributed by atoms with Crippen molar-refractivity contribution in [2.75, 3.05) is 13.2 Å². The molecule has 0 saturated carbocycles. The van der Waals surface area contributed by atoms with E-state index in [1.54, 1.807) is 6.07 Å². The van der Waals surface area contributed by atoms with Crippen LogP contribution in [0, 0.1) is 0 Å². The van der Waals surface area contributed by atoms with Gasteiger partial charge in [0.05, 0.1) is 13.0 Å². The lowest BCUT2D eigenvalue weighted by atomic mass is 10.1. The molecular weight excluding hydrogens is 281 g/mol. The van der Waals surface area contributed by atoms with Gasteiger partial charge in [0.25, 0.3) is 0 Å². The quantitative estimate of drug-likeness (QED) is 0.736. The molecule has 21 heavy (non-hydrogen) atoms. The highest BCUT2D eigenvalue weighted by molar-refractivity contribution is 5.26. The molecule has 120 valence electrons. The van der Waals surface area contributed by atoms with Gasteiger partial charge in [0.2, 0.25) is 5.88 Å². The van der Waals surface area contributed by atoms with Gasteiger partial charge >= 0.3 is 6.18 Å². The van der Waals surface area contributed by atoms with E-state index in [0.717, 1.165) is 24.2 Å². The number of aromatic nitrogens is 1. The molecule has 0 fully saturated rings. The van der Waals surface area contributed by atoms with Crippen molar-refractivity contribution in [3.05, 3.63) is 23.4 Å². The first kappa shape index (κ1) is 17.8. The van der Waals surface area contributed by atoms with Crippen LogP contribution in [0.1, 0.15) is 50.8 Å². The minimum absolute atomic E-state index is 0.195. The monoisotopic (exact) mass is 304 g/mol. The van der Waals surface area contributed by atoms with Gasteiger partial charge in [-0.05, 0) is 30.5 Å².